The third-order valence-corrected chi connectivity index (χ3v) is 7.35. The molecule has 35 heavy (non-hydrogen) atoms. The number of hydrogen-bond acceptors (Lipinski definition) is 5. The number of nitrogens with zero attached hydrogens (tertiary/aromatic N) is 1. The van der Waals surface area contributed by atoms with Crippen LogP contribution in [-0.4, -0.2) is 37.8 Å². The zero-order valence-corrected chi connectivity index (χ0v) is 21.9. The Labute approximate surface area is 206 Å². The summed E-state index contributed by atoms with van der Waals surface area (Å²) in [5, 5.41) is 7.64. The van der Waals surface area contributed by atoms with Crippen molar-refractivity contribution in [3.05, 3.63) is 47.0 Å². The highest BCUT2D eigenvalue weighted by Gasteiger charge is 2.32. The van der Waals surface area contributed by atoms with E-state index in [1.54, 1.807) is 25.1 Å². The van der Waals surface area contributed by atoms with Gasteiger partial charge in [-0.2, -0.15) is 8.42 Å². The molecule has 9 heteroatoms. The minimum absolute atomic E-state index is 0.0703. The van der Waals surface area contributed by atoms with Gasteiger partial charge in [0.25, 0.3) is 6.43 Å². The van der Waals surface area contributed by atoms with E-state index >= 15 is 0 Å². The molecule has 1 unspecified atom stereocenters. The van der Waals surface area contributed by atoms with Gasteiger partial charge in [-0.1, -0.05) is 63.2 Å². The van der Waals surface area contributed by atoms with Crippen molar-refractivity contribution in [2.75, 3.05) is 5.75 Å². The van der Waals surface area contributed by atoms with Gasteiger partial charge in [-0.05, 0) is 60.4 Å². The highest BCUT2D eigenvalue weighted by molar-refractivity contribution is 7.86. The number of aryl methyl sites for hydroxylation is 2. The molecule has 0 saturated heterocycles. The molecule has 1 amide bonds. The van der Waals surface area contributed by atoms with Crippen molar-refractivity contribution in [2.24, 2.45) is 16.5 Å². The number of benzene rings is 2. The van der Waals surface area contributed by atoms with E-state index in [1.807, 2.05) is 26.8 Å². The lowest BCUT2D eigenvalue weighted by Gasteiger charge is -2.29. The Morgan fingerprint density at radius 2 is 1.71 bits per heavy atom. The minimum atomic E-state index is -4.38. The third-order valence-electron chi connectivity index (χ3n) is 5.97. The molecule has 1 aliphatic rings. The molecule has 192 valence electrons. The van der Waals surface area contributed by atoms with Crippen molar-refractivity contribution < 1.29 is 26.3 Å². The number of rotatable bonds is 9. The number of halogens is 2. The van der Waals surface area contributed by atoms with Crippen LogP contribution < -0.4 is 5.32 Å². The fourth-order valence-corrected chi connectivity index (χ4v) is 5.95. The van der Waals surface area contributed by atoms with Crippen molar-refractivity contribution in [3.8, 4) is 0 Å². The SMILES string of the molecule is CC(CC(C)(C)C)C(=O)NC(C)(C)CS(=O)(=O)O/N=C(/c1ccc2c3c(cccc13)CC2)C(F)F. The summed E-state index contributed by atoms with van der Waals surface area (Å²) in [5.41, 5.74) is 0.273. The smallest absolute Gasteiger partial charge is 0.330 e. The van der Waals surface area contributed by atoms with Crippen LogP contribution in [-0.2, 0) is 32.0 Å². The molecule has 0 aromatic heterocycles. The molecule has 0 saturated carbocycles. The van der Waals surface area contributed by atoms with Crippen LogP contribution in [0.2, 0.25) is 0 Å². The van der Waals surface area contributed by atoms with Gasteiger partial charge in [0.15, 0.2) is 5.71 Å². The largest absolute Gasteiger partial charge is 0.350 e. The second-order valence-corrected chi connectivity index (χ2v) is 12.8. The minimum Gasteiger partial charge on any atom is -0.350 e. The van der Waals surface area contributed by atoms with Gasteiger partial charge in [-0.15, -0.1) is 0 Å². The Hall–Kier alpha value is -2.55. The molecule has 1 aliphatic carbocycles. The Morgan fingerprint density at radius 3 is 2.31 bits per heavy atom. The second-order valence-electron chi connectivity index (χ2n) is 11.2. The monoisotopic (exact) mass is 508 g/mol. The number of hydrogen-bond donors (Lipinski definition) is 1. The Bertz CT molecular complexity index is 1240. The van der Waals surface area contributed by atoms with Crippen LogP contribution >= 0.6 is 0 Å². The zero-order chi connectivity index (χ0) is 26.2. The molecule has 0 aliphatic heterocycles. The van der Waals surface area contributed by atoms with Crippen LogP contribution in [0, 0.1) is 11.3 Å². The van der Waals surface area contributed by atoms with Crippen LogP contribution in [0.3, 0.4) is 0 Å². The van der Waals surface area contributed by atoms with Gasteiger partial charge in [0.2, 0.25) is 5.91 Å². The Kier molecular flexibility index (Phi) is 7.60. The molecule has 1 atom stereocenters. The summed E-state index contributed by atoms with van der Waals surface area (Å²) in [5.74, 6) is -1.24. The number of carbonyl (C=O) groups excluding carboxylic acids is 1. The number of alkyl halides is 2. The highest BCUT2D eigenvalue weighted by Crippen LogP contribution is 2.34. The normalized spacial score (nSPS) is 15.5. The average Bonchev–Trinajstić information content (AvgIpc) is 3.11. The summed E-state index contributed by atoms with van der Waals surface area (Å²) in [6, 6.07) is 8.80. The molecule has 2 aromatic carbocycles. The van der Waals surface area contributed by atoms with E-state index in [4.69, 9.17) is 4.28 Å². The molecule has 0 radical (unpaired) electrons. The maximum absolute atomic E-state index is 14.0. The van der Waals surface area contributed by atoms with E-state index in [-0.39, 0.29) is 22.8 Å². The van der Waals surface area contributed by atoms with Gasteiger partial charge in [-0.3, -0.25) is 9.08 Å². The molecule has 2 aromatic rings. The second kappa shape index (κ2) is 9.84. The van der Waals surface area contributed by atoms with Crippen LogP contribution in [0.1, 0.15) is 64.7 Å². The molecule has 3 rings (SSSR count). The number of oxime groups is 1. The van der Waals surface area contributed by atoms with Gasteiger partial charge < -0.3 is 5.32 Å². The Balaban J connectivity index is 1.79. The molecule has 0 fully saturated rings. The van der Waals surface area contributed by atoms with Crippen LogP contribution in [0.4, 0.5) is 8.78 Å². The van der Waals surface area contributed by atoms with Crippen LogP contribution in [0.5, 0.6) is 0 Å². The molecular formula is C26H34F2N2O4S. The van der Waals surface area contributed by atoms with E-state index in [9.17, 15) is 22.0 Å². The van der Waals surface area contributed by atoms with Crippen LogP contribution in [0.25, 0.3) is 10.8 Å². The van der Waals surface area contributed by atoms with Gasteiger partial charge >= 0.3 is 10.1 Å². The molecule has 0 spiro atoms. The van der Waals surface area contributed by atoms with Gasteiger partial charge in [-0.25, -0.2) is 8.78 Å². The third kappa shape index (κ3) is 6.78. The first kappa shape index (κ1) is 27.0. The van der Waals surface area contributed by atoms with E-state index in [0.29, 0.717) is 11.8 Å². The summed E-state index contributed by atoms with van der Waals surface area (Å²) >= 11 is 0. The van der Waals surface area contributed by atoms with Crippen molar-refractivity contribution in [1.29, 1.82) is 0 Å². The first-order valence-corrected chi connectivity index (χ1v) is 13.3. The Morgan fingerprint density at radius 1 is 1.09 bits per heavy atom. The summed E-state index contributed by atoms with van der Waals surface area (Å²) in [6.07, 6.45) is -0.766. The summed E-state index contributed by atoms with van der Waals surface area (Å²) < 4.78 is 58.0. The topological polar surface area (TPSA) is 84.8 Å². The summed E-state index contributed by atoms with van der Waals surface area (Å²) in [4.78, 5) is 12.6. The summed E-state index contributed by atoms with van der Waals surface area (Å²) in [6.45, 7) is 10.9. The highest BCUT2D eigenvalue weighted by atomic mass is 32.2. The molecule has 0 bridgehead atoms. The lowest BCUT2D eigenvalue weighted by molar-refractivity contribution is -0.126. The predicted octanol–water partition coefficient (Wildman–Crippen LogP) is 5.22. The van der Waals surface area contributed by atoms with E-state index in [0.717, 1.165) is 29.4 Å². The standard InChI is InChI=1S/C26H34F2N2O4S/c1-16(14-25(2,3)4)24(31)29-26(5,6)15-35(32,33)34-30-22(23(27)28)20-13-12-18-11-10-17-8-7-9-19(20)21(17)18/h7-9,12-13,16,23H,10-11,14-15H2,1-6H3,(H,29,31)/b30-22-. The zero-order valence-electron chi connectivity index (χ0n) is 21.1. The first-order valence-electron chi connectivity index (χ1n) is 11.7. The molecular weight excluding hydrogens is 474 g/mol. The molecule has 1 N–H and O–H groups in total. The van der Waals surface area contributed by atoms with Gasteiger partial charge in [0.1, 0.15) is 5.75 Å². The van der Waals surface area contributed by atoms with Crippen molar-refractivity contribution in [3.63, 3.8) is 0 Å². The van der Waals surface area contributed by atoms with E-state index in [1.165, 1.54) is 19.9 Å². The van der Waals surface area contributed by atoms with Crippen molar-refractivity contribution in [1.82, 2.24) is 5.32 Å². The summed E-state index contributed by atoms with van der Waals surface area (Å²) in [7, 11) is -4.38. The average molecular weight is 509 g/mol. The number of carbonyl (C=O) groups is 1. The maximum atomic E-state index is 14.0. The van der Waals surface area contributed by atoms with E-state index in [2.05, 4.69) is 10.5 Å². The maximum Gasteiger partial charge on any atom is 0.330 e. The van der Waals surface area contributed by atoms with Crippen LogP contribution in [0.15, 0.2) is 35.5 Å². The van der Waals surface area contributed by atoms with Gasteiger partial charge in [0, 0.05) is 11.5 Å². The number of amides is 1. The quantitative estimate of drug-likeness (QED) is 0.372. The van der Waals surface area contributed by atoms with E-state index < -0.39 is 33.5 Å². The number of nitrogens with one attached hydrogen (secondary N) is 1. The fourth-order valence-electron chi connectivity index (χ4n) is 4.75. The van der Waals surface area contributed by atoms with Crippen molar-refractivity contribution in [2.45, 2.75) is 72.8 Å². The fraction of sp³-hybridized carbons (Fsp3) is 0.538. The molecule has 6 nitrogen and oxygen atoms in total. The molecule has 0 heterocycles. The van der Waals surface area contributed by atoms with Crippen molar-refractivity contribution >= 4 is 32.5 Å². The first-order chi connectivity index (χ1) is 16.1. The lowest BCUT2D eigenvalue weighted by atomic mass is 9.85. The predicted molar refractivity (Wildman–Crippen MR) is 134 cm³/mol. The van der Waals surface area contributed by atoms with Gasteiger partial charge in [0.05, 0.1) is 5.54 Å². The lowest BCUT2D eigenvalue weighted by Crippen LogP contribution is -2.50.